The van der Waals surface area contributed by atoms with Crippen molar-refractivity contribution in [3.05, 3.63) is 64.7 Å². The minimum Gasteiger partial charge on any atom is -0.496 e. The third-order valence-corrected chi connectivity index (χ3v) is 4.13. The van der Waals surface area contributed by atoms with E-state index in [9.17, 15) is 5.11 Å². The van der Waals surface area contributed by atoms with Crippen molar-refractivity contribution < 1.29 is 9.84 Å². The monoisotopic (exact) mass is 375 g/mol. The highest BCUT2D eigenvalue weighted by molar-refractivity contribution is 6.30. The number of methoxy groups -OCH3 is 1. The minimum absolute atomic E-state index is 0.469. The third-order valence-electron chi connectivity index (χ3n) is 3.90. The predicted molar refractivity (Wildman–Crippen MR) is 107 cm³/mol. The zero-order valence-corrected chi connectivity index (χ0v) is 16.0. The fourth-order valence-electron chi connectivity index (χ4n) is 2.52. The van der Waals surface area contributed by atoms with Crippen molar-refractivity contribution in [1.29, 1.82) is 0 Å². The van der Waals surface area contributed by atoms with Gasteiger partial charge >= 0.3 is 0 Å². The second-order valence-electron chi connectivity index (χ2n) is 5.79. The van der Waals surface area contributed by atoms with E-state index in [0.717, 1.165) is 23.4 Å². The zero-order valence-electron chi connectivity index (χ0n) is 15.2. The van der Waals surface area contributed by atoms with Gasteiger partial charge in [0, 0.05) is 23.7 Å². The molecule has 0 aliphatic carbocycles. The second-order valence-corrected chi connectivity index (χ2v) is 6.23. The molecule has 0 spiro atoms. The average molecular weight is 376 g/mol. The molecule has 0 saturated carbocycles. The Labute approximate surface area is 160 Å². The molecular weight excluding hydrogens is 350 g/mol. The maximum atomic E-state index is 10.2. The fraction of sp³-hybridized carbons (Fsp3) is 0.350. The molecule has 1 atom stereocenters. The van der Waals surface area contributed by atoms with Gasteiger partial charge in [0.1, 0.15) is 5.75 Å². The second kappa shape index (κ2) is 10.7. The Hall–Kier alpha value is -2.24. The molecule has 0 aliphatic heterocycles. The van der Waals surface area contributed by atoms with Crippen molar-refractivity contribution >= 4 is 17.6 Å². The van der Waals surface area contributed by atoms with Crippen LogP contribution in [0.3, 0.4) is 0 Å². The standard InChI is InChI=1S/C20H26ClN3O2/c1-3-22-20(23-12-11-18(25)15-7-5-4-6-8-15)24-14-16-9-10-17(21)13-19(16)26-2/h4-10,13,18,25H,3,11-12,14H2,1-2H3,(H2,22,23,24). The quantitative estimate of drug-likeness (QED) is 0.488. The van der Waals surface area contributed by atoms with Gasteiger partial charge in [0.05, 0.1) is 19.8 Å². The lowest BCUT2D eigenvalue weighted by molar-refractivity contribution is 0.168. The van der Waals surface area contributed by atoms with Crippen molar-refractivity contribution in [2.45, 2.75) is 26.0 Å². The first kappa shape index (κ1) is 20.1. The summed E-state index contributed by atoms with van der Waals surface area (Å²) in [5.74, 6) is 1.42. The van der Waals surface area contributed by atoms with Crippen LogP contribution in [0, 0.1) is 0 Å². The van der Waals surface area contributed by atoms with Gasteiger partial charge in [-0.15, -0.1) is 0 Å². The molecular formula is C20H26ClN3O2. The maximum Gasteiger partial charge on any atom is 0.191 e. The number of nitrogens with one attached hydrogen (secondary N) is 2. The zero-order chi connectivity index (χ0) is 18.8. The molecule has 2 rings (SSSR count). The highest BCUT2D eigenvalue weighted by atomic mass is 35.5. The predicted octanol–water partition coefficient (Wildman–Crippen LogP) is 3.53. The van der Waals surface area contributed by atoms with E-state index >= 15 is 0 Å². The summed E-state index contributed by atoms with van der Waals surface area (Å²) in [6.45, 7) is 3.85. The first-order chi connectivity index (χ1) is 12.6. The third kappa shape index (κ3) is 6.24. The number of aliphatic imine (C=N–C) groups is 1. The molecule has 5 nitrogen and oxygen atoms in total. The van der Waals surface area contributed by atoms with Crippen molar-refractivity contribution in [2.75, 3.05) is 20.2 Å². The van der Waals surface area contributed by atoms with Crippen molar-refractivity contribution in [1.82, 2.24) is 10.6 Å². The Balaban J connectivity index is 1.92. The van der Waals surface area contributed by atoms with Gasteiger partial charge in [0.25, 0.3) is 0 Å². The first-order valence-corrected chi connectivity index (χ1v) is 9.09. The van der Waals surface area contributed by atoms with Crippen LogP contribution in [0.25, 0.3) is 0 Å². The van der Waals surface area contributed by atoms with Crippen molar-refractivity contribution in [3.8, 4) is 5.75 Å². The average Bonchev–Trinajstić information content (AvgIpc) is 2.67. The highest BCUT2D eigenvalue weighted by Gasteiger charge is 2.08. The summed E-state index contributed by atoms with van der Waals surface area (Å²) in [5, 5.41) is 17.3. The highest BCUT2D eigenvalue weighted by Crippen LogP contribution is 2.23. The molecule has 0 heterocycles. The Morgan fingerprint density at radius 3 is 2.65 bits per heavy atom. The Kier molecular flexibility index (Phi) is 8.25. The van der Waals surface area contributed by atoms with Gasteiger partial charge in [-0.3, -0.25) is 0 Å². The molecule has 0 aromatic heterocycles. The van der Waals surface area contributed by atoms with E-state index in [1.54, 1.807) is 13.2 Å². The van der Waals surface area contributed by atoms with Gasteiger partial charge in [0.2, 0.25) is 0 Å². The summed E-state index contributed by atoms with van der Waals surface area (Å²) < 4.78 is 5.35. The van der Waals surface area contributed by atoms with Crippen LogP contribution in [0.1, 0.15) is 30.6 Å². The summed E-state index contributed by atoms with van der Waals surface area (Å²) in [7, 11) is 1.62. The van der Waals surface area contributed by atoms with Crippen molar-refractivity contribution in [3.63, 3.8) is 0 Å². The first-order valence-electron chi connectivity index (χ1n) is 8.71. The number of ether oxygens (including phenoxy) is 1. The lowest BCUT2D eigenvalue weighted by Crippen LogP contribution is -2.38. The number of nitrogens with zero attached hydrogens (tertiary/aromatic N) is 1. The van der Waals surface area contributed by atoms with Crippen LogP contribution in [0.2, 0.25) is 5.02 Å². The number of aliphatic hydroxyl groups excluding tert-OH is 1. The number of hydrogen-bond donors (Lipinski definition) is 3. The lowest BCUT2D eigenvalue weighted by Gasteiger charge is -2.15. The molecule has 1 unspecified atom stereocenters. The van der Waals surface area contributed by atoms with E-state index in [1.165, 1.54) is 0 Å². The Morgan fingerprint density at radius 2 is 1.96 bits per heavy atom. The van der Waals surface area contributed by atoms with E-state index in [-0.39, 0.29) is 0 Å². The Morgan fingerprint density at radius 1 is 1.19 bits per heavy atom. The molecule has 0 aliphatic rings. The van der Waals surface area contributed by atoms with Gasteiger partial charge < -0.3 is 20.5 Å². The van der Waals surface area contributed by atoms with Crippen LogP contribution in [-0.4, -0.2) is 31.3 Å². The smallest absolute Gasteiger partial charge is 0.191 e. The Bertz CT molecular complexity index is 707. The van der Waals surface area contributed by atoms with Gasteiger partial charge in [-0.2, -0.15) is 0 Å². The minimum atomic E-state index is -0.497. The molecule has 0 amide bonds. The number of benzene rings is 2. The number of aliphatic hydroxyl groups is 1. The van der Waals surface area contributed by atoms with Gasteiger partial charge in [0.15, 0.2) is 5.96 Å². The van der Waals surface area contributed by atoms with Gasteiger partial charge in [-0.25, -0.2) is 4.99 Å². The van der Waals surface area contributed by atoms with E-state index < -0.39 is 6.10 Å². The van der Waals surface area contributed by atoms with Crippen LogP contribution >= 0.6 is 11.6 Å². The molecule has 0 fully saturated rings. The van der Waals surface area contributed by atoms with Crippen LogP contribution in [0.5, 0.6) is 5.75 Å². The summed E-state index contributed by atoms with van der Waals surface area (Å²) in [6, 6.07) is 15.2. The molecule has 26 heavy (non-hydrogen) atoms. The molecule has 3 N–H and O–H groups in total. The topological polar surface area (TPSA) is 65.9 Å². The van der Waals surface area contributed by atoms with Gasteiger partial charge in [-0.05, 0) is 31.0 Å². The number of rotatable bonds is 8. The summed E-state index contributed by atoms with van der Waals surface area (Å²) >= 11 is 5.99. The SMILES string of the molecule is CCNC(=NCc1ccc(Cl)cc1OC)NCCC(O)c1ccccc1. The van der Waals surface area contributed by atoms with E-state index in [4.69, 9.17) is 16.3 Å². The fourth-order valence-corrected chi connectivity index (χ4v) is 2.69. The lowest BCUT2D eigenvalue weighted by atomic mass is 10.1. The molecule has 2 aromatic rings. The van der Waals surface area contributed by atoms with Crippen LogP contribution < -0.4 is 15.4 Å². The van der Waals surface area contributed by atoms with Crippen LogP contribution in [0.15, 0.2) is 53.5 Å². The number of halogens is 1. The number of guanidine groups is 1. The van der Waals surface area contributed by atoms with E-state index in [2.05, 4.69) is 15.6 Å². The molecule has 0 saturated heterocycles. The normalized spacial score (nSPS) is 12.5. The maximum absolute atomic E-state index is 10.2. The molecule has 0 bridgehead atoms. The van der Waals surface area contributed by atoms with E-state index in [0.29, 0.717) is 30.5 Å². The molecule has 140 valence electrons. The number of hydrogen-bond acceptors (Lipinski definition) is 3. The van der Waals surface area contributed by atoms with Gasteiger partial charge in [-0.1, -0.05) is 48.0 Å². The summed E-state index contributed by atoms with van der Waals surface area (Å²) in [6.07, 6.45) is 0.0986. The van der Waals surface area contributed by atoms with Crippen LogP contribution in [-0.2, 0) is 6.54 Å². The summed E-state index contributed by atoms with van der Waals surface area (Å²) in [5.41, 5.74) is 1.88. The van der Waals surface area contributed by atoms with Crippen LogP contribution in [0.4, 0.5) is 0 Å². The van der Waals surface area contributed by atoms with E-state index in [1.807, 2.05) is 49.4 Å². The largest absolute Gasteiger partial charge is 0.496 e. The molecule has 2 aromatic carbocycles. The molecule has 0 radical (unpaired) electrons. The molecule has 6 heteroatoms. The van der Waals surface area contributed by atoms with Crippen molar-refractivity contribution in [2.24, 2.45) is 4.99 Å². The summed E-state index contributed by atoms with van der Waals surface area (Å²) in [4.78, 5) is 4.58.